The number of rotatable bonds is 5. The van der Waals surface area contributed by atoms with Gasteiger partial charge in [-0.3, -0.25) is 0 Å². The zero-order valence-corrected chi connectivity index (χ0v) is 5.92. The van der Waals surface area contributed by atoms with Gasteiger partial charge in [-0.15, -0.1) is 0 Å². The molecule has 0 aliphatic heterocycles. The quantitative estimate of drug-likeness (QED) is 0.227. The highest BCUT2D eigenvalue weighted by Gasteiger charge is 1.95. The van der Waals surface area contributed by atoms with Crippen LogP contribution in [-0.2, 0) is 4.89 Å². The predicted molar refractivity (Wildman–Crippen MR) is 38.9 cm³/mol. The van der Waals surface area contributed by atoms with E-state index in [2.05, 4.69) is 4.89 Å². The molecule has 0 aromatic carbocycles. The normalized spacial score (nSPS) is 11.6. The number of nitrogens with two attached hydrogens (primary N) is 2. The first kappa shape index (κ1) is 9.26. The third kappa shape index (κ3) is 4.17. The molecule has 0 saturated heterocycles. The van der Waals surface area contributed by atoms with Crippen LogP contribution in [0.2, 0.25) is 0 Å². The Hall–Kier alpha value is -0.740. The minimum absolute atomic E-state index is 0.397. The van der Waals surface area contributed by atoms with Gasteiger partial charge in [0.25, 0.3) is 0 Å². The second-order valence-corrected chi connectivity index (χ2v) is 1.97. The fourth-order valence-electron chi connectivity index (χ4n) is 0.603. The fraction of sp³-hybridized carbons (Fsp3) is 0.667. The lowest BCUT2D eigenvalue weighted by molar-refractivity contribution is -0.206. The Labute approximate surface area is 60.4 Å². The van der Waals surface area contributed by atoms with Crippen LogP contribution in [0.25, 0.3) is 0 Å². The molecule has 0 spiro atoms. The van der Waals surface area contributed by atoms with E-state index in [4.69, 9.17) is 16.7 Å². The lowest BCUT2D eigenvalue weighted by Crippen LogP contribution is -1.99. The van der Waals surface area contributed by atoms with E-state index in [1.807, 2.05) is 0 Å². The SMILES string of the molecule is N/C=C(\CCCCN)OO. The van der Waals surface area contributed by atoms with Gasteiger partial charge in [-0.1, -0.05) is 0 Å². The fourth-order valence-corrected chi connectivity index (χ4v) is 0.603. The first-order valence-corrected chi connectivity index (χ1v) is 3.27. The Morgan fingerprint density at radius 3 is 2.60 bits per heavy atom. The van der Waals surface area contributed by atoms with E-state index >= 15 is 0 Å². The summed E-state index contributed by atoms with van der Waals surface area (Å²) in [6.45, 7) is 0.656. The second kappa shape index (κ2) is 6.38. The van der Waals surface area contributed by atoms with Gasteiger partial charge in [0.15, 0.2) is 5.76 Å². The van der Waals surface area contributed by atoms with Crippen molar-refractivity contribution in [2.24, 2.45) is 11.5 Å². The van der Waals surface area contributed by atoms with E-state index in [-0.39, 0.29) is 0 Å². The zero-order chi connectivity index (χ0) is 7.82. The summed E-state index contributed by atoms with van der Waals surface area (Å²) in [6, 6.07) is 0. The molecule has 0 aromatic heterocycles. The molecule has 0 unspecified atom stereocenters. The minimum Gasteiger partial charge on any atom is -0.402 e. The highest BCUT2D eigenvalue weighted by Crippen LogP contribution is 2.04. The molecule has 0 aliphatic rings. The summed E-state index contributed by atoms with van der Waals surface area (Å²) in [4.78, 5) is 3.94. The van der Waals surface area contributed by atoms with Crippen LogP contribution < -0.4 is 11.5 Å². The van der Waals surface area contributed by atoms with E-state index in [0.29, 0.717) is 18.7 Å². The summed E-state index contributed by atoms with van der Waals surface area (Å²) >= 11 is 0. The summed E-state index contributed by atoms with van der Waals surface area (Å²) in [7, 11) is 0. The molecule has 0 amide bonds. The van der Waals surface area contributed by atoms with Gasteiger partial charge in [0.2, 0.25) is 0 Å². The van der Waals surface area contributed by atoms with E-state index < -0.39 is 0 Å². The van der Waals surface area contributed by atoms with Crippen LogP contribution in [0.3, 0.4) is 0 Å². The second-order valence-electron chi connectivity index (χ2n) is 1.97. The number of unbranched alkanes of at least 4 members (excludes halogenated alkanes) is 1. The number of hydrogen-bond acceptors (Lipinski definition) is 4. The van der Waals surface area contributed by atoms with Crippen LogP contribution >= 0.6 is 0 Å². The first-order valence-electron chi connectivity index (χ1n) is 3.27. The maximum Gasteiger partial charge on any atom is 0.157 e. The number of hydrogen-bond donors (Lipinski definition) is 3. The van der Waals surface area contributed by atoms with E-state index in [0.717, 1.165) is 12.8 Å². The third-order valence-electron chi connectivity index (χ3n) is 1.18. The zero-order valence-electron chi connectivity index (χ0n) is 5.92. The van der Waals surface area contributed by atoms with Gasteiger partial charge in [-0.2, -0.15) is 0 Å². The van der Waals surface area contributed by atoms with Crippen molar-refractivity contribution in [2.45, 2.75) is 19.3 Å². The molecule has 5 N–H and O–H groups in total. The molecule has 0 fully saturated rings. The molecule has 0 atom stereocenters. The van der Waals surface area contributed by atoms with E-state index in [1.54, 1.807) is 0 Å². The van der Waals surface area contributed by atoms with Gasteiger partial charge >= 0.3 is 0 Å². The molecule has 0 saturated carbocycles. The predicted octanol–water partition coefficient (Wildman–Crippen LogP) is 0.405. The van der Waals surface area contributed by atoms with Crippen molar-refractivity contribution in [1.29, 1.82) is 0 Å². The summed E-state index contributed by atoms with van der Waals surface area (Å²) in [5.41, 5.74) is 10.3. The molecule has 4 nitrogen and oxygen atoms in total. The van der Waals surface area contributed by atoms with Crippen molar-refractivity contribution in [2.75, 3.05) is 6.54 Å². The van der Waals surface area contributed by atoms with Gasteiger partial charge < -0.3 is 16.4 Å². The molecule has 0 radical (unpaired) electrons. The molecule has 0 aliphatic carbocycles. The Morgan fingerprint density at radius 2 is 2.20 bits per heavy atom. The lowest BCUT2D eigenvalue weighted by atomic mass is 10.2. The summed E-state index contributed by atoms with van der Waals surface area (Å²) in [5, 5.41) is 8.15. The Kier molecular flexibility index (Phi) is 5.91. The van der Waals surface area contributed by atoms with Crippen LogP contribution in [0.5, 0.6) is 0 Å². The van der Waals surface area contributed by atoms with Crippen molar-refractivity contribution in [3.8, 4) is 0 Å². The van der Waals surface area contributed by atoms with Crippen molar-refractivity contribution >= 4 is 0 Å². The van der Waals surface area contributed by atoms with Gasteiger partial charge in [0, 0.05) is 12.6 Å². The average molecular weight is 146 g/mol. The standard InChI is InChI=1S/C6H14N2O2/c7-4-2-1-3-6(5-8)10-9/h5,9H,1-4,7-8H2/b6-5+. The van der Waals surface area contributed by atoms with E-state index in [9.17, 15) is 0 Å². The van der Waals surface area contributed by atoms with Crippen molar-refractivity contribution in [1.82, 2.24) is 0 Å². The van der Waals surface area contributed by atoms with E-state index in [1.165, 1.54) is 6.20 Å². The van der Waals surface area contributed by atoms with Gasteiger partial charge in [0.05, 0.1) is 0 Å². The topological polar surface area (TPSA) is 81.5 Å². The minimum atomic E-state index is 0.397. The maximum atomic E-state index is 8.15. The Morgan fingerprint density at radius 1 is 1.50 bits per heavy atom. The van der Waals surface area contributed by atoms with Crippen LogP contribution in [0.1, 0.15) is 19.3 Å². The summed E-state index contributed by atoms with van der Waals surface area (Å²) in [6.07, 6.45) is 3.70. The number of allylic oxidation sites excluding steroid dienone is 1. The lowest BCUT2D eigenvalue weighted by Gasteiger charge is -2.00. The van der Waals surface area contributed by atoms with Crippen LogP contribution in [-0.4, -0.2) is 11.8 Å². The molecular weight excluding hydrogens is 132 g/mol. The van der Waals surface area contributed by atoms with Gasteiger partial charge in [0.1, 0.15) is 0 Å². The van der Waals surface area contributed by atoms with Crippen molar-refractivity contribution < 1.29 is 10.1 Å². The highest BCUT2D eigenvalue weighted by atomic mass is 17.1. The smallest absolute Gasteiger partial charge is 0.157 e. The largest absolute Gasteiger partial charge is 0.402 e. The molecule has 0 rings (SSSR count). The molecule has 0 bridgehead atoms. The molecular formula is C6H14N2O2. The van der Waals surface area contributed by atoms with Crippen molar-refractivity contribution in [3.63, 3.8) is 0 Å². The van der Waals surface area contributed by atoms with Gasteiger partial charge in [-0.05, 0) is 19.4 Å². The maximum absolute atomic E-state index is 8.15. The van der Waals surface area contributed by atoms with Crippen LogP contribution in [0.4, 0.5) is 0 Å². The Balaban J connectivity index is 3.27. The Bertz CT molecular complexity index is 104. The molecule has 10 heavy (non-hydrogen) atoms. The summed E-state index contributed by atoms with van der Waals surface area (Å²) < 4.78 is 0. The summed E-state index contributed by atoms with van der Waals surface area (Å²) in [5.74, 6) is 0.397. The first-order chi connectivity index (χ1) is 4.85. The third-order valence-corrected chi connectivity index (χ3v) is 1.18. The van der Waals surface area contributed by atoms with Crippen molar-refractivity contribution in [3.05, 3.63) is 12.0 Å². The molecule has 4 heteroatoms. The average Bonchev–Trinajstić information content (AvgIpc) is 1.99. The van der Waals surface area contributed by atoms with Crippen LogP contribution in [0.15, 0.2) is 12.0 Å². The molecule has 0 heterocycles. The molecule has 0 aromatic rings. The monoisotopic (exact) mass is 146 g/mol. The highest BCUT2D eigenvalue weighted by molar-refractivity contribution is 4.87. The molecule has 60 valence electrons. The van der Waals surface area contributed by atoms with Crippen LogP contribution in [0, 0.1) is 0 Å². The van der Waals surface area contributed by atoms with Gasteiger partial charge in [-0.25, -0.2) is 5.26 Å².